The van der Waals surface area contributed by atoms with E-state index in [4.69, 9.17) is 0 Å². The molecule has 0 aliphatic rings. The first-order valence-corrected chi connectivity index (χ1v) is 6.84. The Bertz CT molecular complexity index is 509. The molecule has 0 amide bonds. The van der Waals surface area contributed by atoms with Crippen LogP contribution in [0.4, 0.5) is 0 Å². The standard InChI is InChI=1S/C10H12N4O2S2/c1-13-5-3-11-9(13)17-8(7(15)16)18-10-12-4-6-14(10)2/h3-6,8H,1-2H3,(H,15,16). The molecule has 0 aliphatic carbocycles. The van der Waals surface area contributed by atoms with Gasteiger partial charge in [-0.3, -0.25) is 4.79 Å². The third-order valence-electron chi connectivity index (χ3n) is 2.18. The minimum absolute atomic E-state index is 0.670. The molecule has 0 radical (unpaired) electrons. The Morgan fingerprint density at radius 2 is 1.61 bits per heavy atom. The average Bonchev–Trinajstić information content (AvgIpc) is 2.88. The third kappa shape index (κ3) is 2.88. The Labute approximate surface area is 112 Å². The van der Waals surface area contributed by atoms with Crippen molar-refractivity contribution in [1.82, 2.24) is 19.1 Å². The van der Waals surface area contributed by atoms with E-state index in [9.17, 15) is 9.90 Å². The number of carboxylic acid groups (broad SMARTS) is 1. The normalized spacial score (nSPS) is 11.1. The van der Waals surface area contributed by atoms with Gasteiger partial charge >= 0.3 is 5.97 Å². The molecule has 0 spiro atoms. The lowest BCUT2D eigenvalue weighted by Gasteiger charge is -2.10. The van der Waals surface area contributed by atoms with Crippen LogP contribution in [-0.2, 0) is 18.9 Å². The van der Waals surface area contributed by atoms with Crippen LogP contribution in [-0.4, -0.2) is 34.8 Å². The zero-order valence-corrected chi connectivity index (χ0v) is 11.5. The molecule has 0 aliphatic heterocycles. The van der Waals surface area contributed by atoms with E-state index in [2.05, 4.69) is 9.97 Å². The second-order valence-electron chi connectivity index (χ2n) is 3.55. The summed E-state index contributed by atoms with van der Waals surface area (Å²) in [6, 6.07) is 0. The summed E-state index contributed by atoms with van der Waals surface area (Å²) in [5.74, 6) is -0.893. The van der Waals surface area contributed by atoms with Crippen molar-refractivity contribution in [2.75, 3.05) is 0 Å². The number of rotatable bonds is 5. The number of aryl methyl sites for hydroxylation is 2. The summed E-state index contributed by atoms with van der Waals surface area (Å²) in [6.07, 6.45) is 6.86. The Balaban J connectivity index is 2.12. The Morgan fingerprint density at radius 3 is 1.89 bits per heavy atom. The molecule has 2 aromatic rings. The zero-order valence-electron chi connectivity index (χ0n) is 9.85. The smallest absolute Gasteiger partial charge is 0.327 e. The molecule has 0 saturated carbocycles. The van der Waals surface area contributed by atoms with E-state index in [1.165, 1.54) is 23.5 Å². The molecule has 1 N–H and O–H groups in total. The van der Waals surface area contributed by atoms with Crippen LogP contribution in [0.3, 0.4) is 0 Å². The van der Waals surface area contributed by atoms with Crippen LogP contribution >= 0.6 is 23.5 Å². The van der Waals surface area contributed by atoms with E-state index in [0.29, 0.717) is 10.3 Å². The highest BCUT2D eigenvalue weighted by molar-refractivity contribution is 8.17. The van der Waals surface area contributed by atoms with Gasteiger partial charge in [0.05, 0.1) is 0 Å². The summed E-state index contributed by atoms with van der Waals surface area (Å²) in [4.78, 5) is 19.5. The minimum Gasteiger partial charge on any atom is -0.480 e. The van der Waals surface area contributed by atoms with Crippen LogP contribution in [0.1, 0.15) is 0 Å². The van der Waals surface area contributed by atoms with Crippen molar-refractivity contribution >= 4 is 29.5 Å². The van der Waals surface area contributed by atoms with Gasteiger partial charge in [-0.05, 0) is 0 Å². The molecular weight excluding hydrogens is 272 g/mol. The van der Waals surface area contributed by atoms with E-state index in [-0.39, 0.29) is 0 Å². The topological polar surface area (TPSA) is 72.9 Å². The Hall–Kier alpha value is -1.41. The molecule has 96 valence electrons. The first-order valence-electron chi connectivity index (χ1n) is 5.08. The molecule has 0 unspecified atom stereocenters. The van der Waals surface area contributed by atoms with Crippen LogP contribution in [0.15, 0.2) is 35.1 Å². The third-order valence-corrected chi connectivity index (χ3v) is 4.80. The summed E-state index contributed by atoms with van der Waals surface area (Å²) in [5.41, 5.74) is 0. The second kappa shape index (κ2) is 5.49. The quantitative estimate of drug-likeness (QED) is 0.662. The van der Waals surface area contributed by atoms with Gasteiger partial charge in [-0.1, -0.05) is 23.5 Å². The van der Waals surface area contributed by atoms with Crippen molar-refractivity contribution in [3.63, 3.8) is 0 Å². The van der Waals surface area contributed by atoms with Gasteiger partial charge in [0.1, 0.15) is 0 Å². The van der Waals surface area contributed by atoms with E-state index in [0.717, 1.165) is 0 Å². The van der Waals surface area contributed by atoms with Crippen LogP contribution in [0.5, 0.6) is 0 Å². The van der Waals surface area contributed by atoms with Gasteiger partial charge in [0, 0.05) is 38.9 Å². The zero-order chi connectivity index (χ0) is 13.1. The molecule has 0 atom stereocenters. The first-order chi connectivity index (χ1) is 8.58. The fourth-order valence-electron chi connectivity index (χ4n) is 1.25. The molecule has 6 nitrogen and oxygen atoms in total. The van der Waals surface area contributed by atoms with E-state index < -0.39 is 10.6 Å². The number of hydrogen-bond donors (Lipinski definition) is 1. The van der Waals surface area contributed by atoms with Crippen molar-refractivity contribution in [3.8, 4) is 0 Å². The predicted molar refractivity (Wildman–Crippen MR) is 69.6 cm³/mol. The lowest BCUT2D eigenvalue weighted by molar-refractivity contribution is -0.134. The maximum atomic E-state index is 11.3. The molecule has 18 heavy (non-hydrogen) atoms. The van der Waals surface area contributed by atoms with Crippen molar-refractivity contribution in [3.05, 3.63) is 24.8 Å². The van der Waals surface area contributed by atoms with Crippen molar-refractivity contribution in [2.24, 2.45) is 14.1 Å². The molecule has 0 fully saturated rings. The van der Waals surface area contributed by atoms with Crippen LogP contribution in [0, 0.1) is 0 Å². The monoisotopic (exact) mass is 284 g/mol. The lowest BCUT2D eigenvalue weighted by atomic mass is 10.8. The number of carboxylic acids is 1. The fourth-order valence-corrected chi connectivity index (χ4v) is 3.24. The summed E-state index contributed by atoms with van der Waals surface area (Å²) >= 11 is 2.40. The SMILES string of the molecule is Cn1ccnc1SC(Sc1nccn1C)C(=O)O. The lowest BCUT2D eigenvalue weighted by Crippen LogP contribution is -2.14. The van der Waals surface area contributed by atoms with Gasteiger partial charge in [-0.25, -0.2) is 9.97 Å². The van der Waals surface area contributed by atoms with Gasteiger partial charge in [0.2, 0.25) is 0 Å². The summed E-state index contributed by atoms with van der Waals surface area (Å²) in [5, 5.41) is 10.6. The van der Waals surface area contributed by atoms with Crippen LogP contribution < -0.4 is 0 Å². The Morgan fingerprint density at radius 1 is 1.17 bits per heavy atom. The Kier molecular flexibility index (Phi) is 3.97. The highest BCUT2D eigenvalue weighted by Crippen LogP contribution is 2.33. The van der Waals surface area contributed by atoms with Crippen LogP contribution in [0.2, 0.25) is 0 Å². The molecule has 2 aromatic heterocycles. The molecule has 0 saturated heterocycles. The van der Waals surface area contributed by atoms with Crippen molar-refractivity contribution in [1.29, 1.82) is 0 Å². The molecule has 0 aromatic carbocycles. The number of nitrogens with zero attached hydrogens (tertiary/aromatic N) is 4. The van der Waals surface area contributed by atoms with Gasteiger partial charge < -0.3 is 14.2 Å². The summed E-state index contributed by atoms with van der Waals surface area (Å²) in [7, 11) is 3.67. The average molecular weight is 284 g/mol. The molecular formula is C10H12N4O2S2. The largest absolute Gasteiger partial charge is 0.480 e. The van der Waals surface area contributed by atoms with Gasteiger partial charge in [0.25, 0.3) is 0 Å². The molecule has 0 bridgehead atoms. The highest BCUT2D eigenvalue weighted by Gasteiger charge is 2.24. The molecule has 2 heterocycles. The molecule has 2 rings (SSSR count). The number of carbonyl (C=O) groups is 1. The summed E-state index contributed by atoms with van der Waals surface area (Å²) in [6.45, 7) is 0. The number of hydrogen-bond acceptors (Lipinski definition) is 5. The second-order valence-corrected chi connectivity index (χ2v) is 5.99. The minimum atomic E-state index is -0.893. The summed E-state index contributed by atoms with van der Waals surface area (Å²) < 4.78 is 2.91. The maximum Gasteiger partial charge on any atom is 0.327 e. The van der Waals surface area contributed by atoms with Gasteiger partial charge in [-0.15, -0.1) is 0 Å². The fraction of sp³-hybridized carbons (Fsp3) is 0.300. The number of aromatic nitrogens is 4. The van der Waals surface area contributed by atoms with E-state index >= 15 is 0 Å². The maximum absolute atomic E-state index is 11.3. The number of aliphatic carboxylic acids is 1. The first kappa shape index (κ1) is 13.0. The number of imidazole rings is 2. The molecule has 8 heteroatoms. The van der Waals surface area contributed by atoms with Gasteiger partial charge in [0.15, 0.2) is 14.9 Å². The van der Waals surface area contributed by atoms with Crippen LogP contribution in [0.25, 0.3) is 0 Å². The highest BCUT2D eigenvalue weighted by atomic mass is 32.2. The van der Waals surface area contributed by atoms with E-state index in [1.54, 1.807) is 33.9 Å². The number of thioether (sulfide) groups is 2. The van der Waals surface area contributed by atoms with Crippen molar-refractivity contribution < 1.29 is 9.90 Å². The van der Waals surface area contributed by atoms with E-state index in [1.807, 2.05) is 14.1 Å². The van der Waals surface area contributed by atoms with Gasteiger partial charge in [-0.2, -0.15) is 0 Å². The van der Waals surface area contributed by atoms with Crippen molar-refractivity contribution in [2.45, 2.75) is 14.9 Å². The predicted octanol–water partition coefficient (Wildman–Crippen LogP) is 1.45.